The van der Waals surface area contributed by atoms with Crippen molar-refractivity contribution in [2.75, 3.05) is 26.2 Å². The number of halogens is 1. The topological polar surface area (TPSA) is 78.9 Å². The highest BCUT2D eigenvalue weighted by Crippen LogP contribution is 2.24. The largest absolute Gasteiger partial charge is 0.480 e. The molecule has 0 aromatic heterocycles. The van der Waals surface area contributed by atoms with Crippen LogP contribution < -0.4 is 5.32 Å². The normalized spacial score (nSPS) is 17.2. The van der Waals surface area contributed by atoms with E-state index in [9.17, 15) is 9.59 Å². The van der Waals surface area contributed by atoms with Crippen molar-refractivity contribution >= 4 is 23.6 Å². The van der Waals surface area contributed by atoms with Gasteiger partial charge in [0.2, 0.25) is 0 Å². The Balaban J connectivity index is 2.27. The van der Waals surface area contributed by atoms with Gasteiger partial charge in [0, 0.05) is 5.03 Å². The highest BCUT2D eigenvalue weighted by Gasteiger charge is 2.42. The first-order valence-electron chi connectivity index (χ1n) is 5.04. The van der Waals surface area contributed by atoms with E-state index in [1.165, 1.54) is 4.90 Å². The van der Waals surface area contributed by atoms with Crippen molar-refractivity contribution in [3.05, 3.63) is 11.6 Å². The van der Waals surface area contributed by atoms with Crippen molar-refractivity contribution in [2.45, 2.75) is 12.5 Å². The molecule has 1 fully saturated rings. The molecule has 1 heterocycles. The first kappa shape index (κ1) is 13.8. The van der Waals surface area contributed by atoms with Crippen LogP contribution in [0.25, 0.3) is 0 Å². The molecule has 2 N–H and O–H groups in total. The lowest BCUT2D eigenvalue weighted by Crippen LogP contribution is -2.65. The number of rotatable bonds is 5. The number of aliphatic carboxylic acids is 1. The molecule has 0 aliphatic carbocycles. The van der Waals surface area contributed by atoms with Crippen molar-refractivity contribution < 1.29 is 19.4 Å². The minimum Gasteiger partial charge on any atom is -0.480 e. The van der Waals surface area contributed by atoms with Gasteiger partial charge in [-0.25, -0.2) is 9.59 Å². The number of carboxylic acids is 1. The summed E-state index contributed by atoms with van der Waals surface area (Å²) in [4.78, 5) is 23.4. The molecule has 0 radical (unpaired) electrons. The Kier molecular flexibility index (Phi) is 4.36. The minimum absolute atomic E-state index is 0.212. The lowest BCUT2D eigenvalue weighted by molar-refractivity contribution is -0.159. The second-order valence-corrected chi connectivity index (χ2v) is 4.70. The maximum absolute atomic E-state index is 11.5. The first-order chi connectivity index (χ1) is 7.82. The molecule has 0 atom stereocenters. The number of carboxylic acid groups (broad SMARTS) is 1. The Morgan fingerprint density at radius 2 is 2.18 bits per heavy atom. The number of ether oxygens (including phenoxy) is 1. The molecule has 0 aromatic rings. The van der Waals surface area contributed by atoms with E-state index in [2.05, 4.69) is 11.9 Å². The van der Waals surface area contributed by atoms with E-state index in [0.29, 0.717) is 18.1 Å². The van der Waals surface area contributed by atoms with E-state index in [0.717, 1.165) is 0 Å². The van der Waals surface area contributed by atoms with E-state index in [-0.39, 0.29) is 19.2 Å². The molecule has 0 aromatic carbocycles. The van der Waals surface area contributed by atoms with Gasteiger partial charge in [0.25, 0.3) is 0 Å². The van der Waals surface area contributed by atoms with Gasteiger partial charge < -0.3 is 20.1 Å². The van der Waals surface area contributed by atoms with Gasteiger partial charge in [-0.2, -0.15) is 0 Å². The third-order valence-corrected chi connectivity index (χ3v) is 2.45. The van der Waals surface area contributed by atoms with Crippen molar-refractivity contribution in [1.29, 1.82) is 0 Å². The lowest BCUT2D eigenvalue weighted by Gasteiger charge is -2.46. The van der Waals surface area contributed by atoms with Gasteiger partial charge in [-0.15, -0.1) is 0 Å². The van der Waals surface area contributed by atoms with E-state index >= 15 is 0 Å². The van der Waals surface area contributed by atoms with Crippen molar-refractivity contribution in [3.8, 4) is 0 Å². The molecule has 1 aliphatic rings. The fourth-order valence-electron chi connectivity index (χ4n) is 1.52. The lowest BCUT2D eigenvalue weighted by atomic mass is 9.97. The number of carbonyl (C=O) groups is 2. The number of hydrogen-bond acceptors (Lipinski definition) is 3. The van der Waals surface area contributed by atoms with Gasteiger partial charge in [-0.1, -0.05) is 18.2 Å². The monoisotopic (exact) mass is 262 g/mol. The second-order valence-electron chi connectivity index (χ2n) is 4.16. The van der Waals surface area contributed by atoms with E-state index in [1.54, 1.807) is 6.92 Å². The summed E-state index contributed by atoms with van der Waals surface area (Å²) in [6.07, 6.45) is 0. The number of amides is 2. The van der Waals surface area contributed by atoms with Crippen LogP contribution in [0.15, 0.2) is 11.6 Å². The molecule has 6 nitrogen and oxygen atoms in total. The highest BCUT2D eigenvalue weighted by atomic mass is 35.5. The van der Waals surface area contributed by atoms with Gasteiger partial charge in [-0.05, 0) is 6.92 Å². The molecular weight excluding hydrogens is 248 g/mol. The average molecular weight is 263 g/mol. The smallest absolute Gasteiger partial charge is 0.329 e. The number of nitrogens with zero attached hydrogens (tertiary/aromatic N) is 1. The van der Waals surface area contributed by atoms with Crippen LogP contribution in [0, 0.1) is 0 Å². The Morgan fingerprint density at radius 1 is 1.59 bits per heavy atom. The maximum atomic E-state index is 11.5. The molecule has 7 heteroatoms. The van der Waals surface area contributed by atoms with Gasteiger partial charge in [0.05, 0.1) is 19.6 Å². The number of nitrogens with one attached hydrogen (secondary N) is 1. The average Bonchev–Trinajstić information content (AvgIpc) is 2.19. The SMILES string of the molecule is C=C(Cl)CNC(=O)N1CC(C)(OCC(=O)O)C1. The van der Waals surface area contributed by atoms with Crippen molar-refractivity contribution in [2.24, 2.45) is 0 Å². The summed E-state index contributed by atoms with van der Waals surface area (Å²) >= 11 is 5.51. The van der Waals surface area contributed by atoms with Gasteiger partial charge in [-0.3, -0.25) is 0 Å². The van der Waals surface area contributed by atoms with Crippen LogP contribution >= 0.6 is 11.6 Å². The number of urea groups is 1. The molecule has 0 unspecified atom stereocenters. The Bertz CT molecular complexity index is 339. The fraction of sp³-hybridized carbons (Fsp3) is 0.600. The van der Waals surface area contributed by atoms with E-state index in [4.69, 9.17) is 21.4 Å². The number of likely N-dealkylation sites (tertiary alicyclic amines) is 1. The third-order valence-electron chi connectivity index (χ3n) is 2.31. The molecular formula is C10H15ClN2O4. The molecule has 17 heavy (non-hydrogen) atoms. The van der Waals surface area contributed by atoms with Crippen LogP contribution in [0.1, 0.15) is 6.92 Å². The first-order valence-corrected chi connectivity index (χ1v) is 5.42. The molecule has 1 aliphatic heterocycles. The summed E-state index contributed by atoms with van der Waals surface area (Å²) in [5.41, 5.74) is -0.576. The van der Waals surface area contributed by atoms with Gasteiger partial charge >= 0.3 is 12.0 Å². The van der Waals surface area contributed by atoms with Crippen LogP contribution in [0.3, 0.4) is 0 Å². The highest BCUT2D eigenvalue weighted by molar-refractivity contribution is 6.29. The van der Waals surface area contributed by atoms with E-state index < -0.39 is 11.6 Å². The summed E-state index contributed by atoms with van der Waals surface area (Å²) in [6, 6.07) is -0.261. The second kappa shape index (κ2) is 5.37. The Hall–Kier alpha value is -1.27. The summed E-state index contributed by atoms with van der Waals surface area (Å²) in [6.45, 7) is 5.79. The number of hydrogen-bond donors (Lipinski definition) is 2. The molecule has 0 saturated carbocycles. The molecule has 1 saturated heterocycles. The Morgan fingerprint density at radius 3 is 2.65 bits per heavy atom. The van der Waals surface area contributed by atoms with E-state index in [1.807, 2.05) is 0 Å². The molecule has 1 rings (SSSR count). The zero-order chi connectivity index (χ0) is 13.1. The van der Waals surface area contributed by atoms with Gasteiger partial charge in [0.15, 0.2) is 0 Å². The van der Waals surface area contributed by atoms with Crippen molar-refractivity contribution in [1.82, 2.24) is 10.2 Å². The zero-order valence-corrected chi connectivity index (χ0v) is 10.3. The fourth-order valence-corrected chi connectivity index (χ4v) is 1.58. The maximum Gasteiger partial charge on any atom is 0.329 e. The predicted molar refractivity (Wildman–Crippen MR) is 62.0 cm³/mol. The van der Waals surface area contributed by atoms with Crippen LogP contribution in [-0.2, 0) is 9.53 Å². The minimum atomic E-state index is -1.02. The summed E-state index contributed by atoms with van der Waals surface area (Å²) in [5, 5.41) is 11.4. The van der Waals surface area contributed by atoms with Crippen LogP contribution in [0.5, 0.6) is 0 Å². The predicted octanol–water partition coefficient (Wildman–Crippen LogP) is 0.624. The quantitative estimate of drug-likeness (QED) is 0.761. The standard InChI is InChI=1S/C10H15ClN2O4/c1-7(11)3-12-9(16)13-5-10(2,6-13)17-4-8(14)15/h1,3-6H2,2H3,(H,12,16)(H,14,15). The third kappa shape index (κ3) is 4.24. The summed E-state index contributed by atoms with van der Waals surface area (Å²) < 4.78 is 5.17. The Labute approximate surface area is 104 Å². The molecule has 0 spiro atoms. The number of carbonyl (C=O) groups excluding carboxylic acids is 1. The van der Waals surface area contributed by atoms with Crippen LogP contribution in [0.2, 0.25) is 0 Å². The van der Waals surface area contributed by atoms with Crippen LogP contribution in [-0.4, -0.2) is 53.8 Å². The summed E-state index contributed by atoms with van der Waals surface area (Å²) in [7, 11) is 0. The van der Waals surface area contributed by atoms with Crippen LogP contribution in [0.4, 0.5) is 4.79 Å². The molecule has 96 valence electrons. The molecule has 2 amide bonds. The molecule has 0 bridgehead atoms. The summed E-state index contributed by atoms with van der Waals surface area (Å²) in [5.74, 6) is -1.02. The van der Waals surface area contributed by atoms with Gasteiger partial charge in [0.1, 0.15) is 12.2 Å². The van der Waals surface area contributed by atoms with Crippen molar-refractivity contribution in [3.63, 3.8) is 0 Å². The zero-order valence-electron chi connectivity index (χ0n) is 9.53.